The van der Waals surface area contributed by atoms with Crippen molar-refractivity contribution in [2.24, 2.45) is 50.2 Å². The Morgan fingerprint density at radius 3 is 1.78 bits per heavy atom. The van der Waals surface area contributed by atoms with Crippen LogP contribution in [0.3, 0.4) is 0 Å². The zero-order valence-electron chi connectivity index (χ0n) is 44.1. The highest BCUT2D eigenvalue weighted by atomic mass is 16.8. The summed E-state index contributed by atoms with van der Waals surface area (Å²) < 4.78 is 48.4. The molecule has 27 unspecified atom stereocenters. The molecule has 9 rings (SSSR count). The molecule has 424 valence electrons. The van der Waals surface area contributed by atoms with Crippen LogP contribution in [0.25, 0.3) is 0 Å². The monoisotopic (exact) mass is 1060 g/mol. The third kappa shape index (κ3) is 9.17. The van der Waals surface area contributed by atoms with Crippen LogP contribution < -0.4 is 0 Å². The van der Waals surface area contributed by atoms with E-state index in [0.29, 0.717) is 32.1 Å². The zero-order chi connectivity index (χ0) is 54.0. The molecule has 4 saturated carbocycles. The highest BCUT2D eigenvalue weighted by molar-refractivity contribution is 5.79. The zero-order valence-corrected chi connectivity index (χ0v) is 44.1. The van der Waals surface area contributed by atoms with Gasteiger partial charge in [0.15, 0.2) is 25.0 Å². The van der Waals surface area contributed by atoms with E-state index in [9.17, 15) is 61.3 Å². The molecule has 0 aromatic rings. The summed E-state index contributed by atoms with van der Waals surface area (Å²) in [6, 6.07) is 0. The van der Waals surface area contributed by atoms with Gasteiger partial charge in [-0.25, -0.2) is 0 Å². The van der Waals surface area contributed by atoms with E-state index in [1.54, 1.807) is 0 Å². The number of aliphatic hydroxyl groups excluding tert-OH is 12. The van der Waals surface area contributed by atoms with E-state index in [2.05, 4.69) is 54.5 Å². The number of hydrogen-bond donors (Lipinski definition) is 12. The molecule has 0 aromatic heterocycles. The second-order valence-electron chi connectivity index (χ2n) is 25.8. The highest BCUT2D eigenvalue weighted by Gasteiger charge is 2.70. The van der Waals surface area contributed by atoms with Crippen LogP contribution in [0.2, 0.25) is 0 Å². The molecule has 9 aliphatic rings. The second-order valence-corrected chi connectivity index (χ2v) is 25.8. The number of carbonyl (C=O) groups is 1. The number of ether oxygens (including phenoxy) is 8. The first-order chi connectivity index (χ1) is 34.6. The Kier molecular flexibility index (Phi) is 15.8. The van der Waals surface area contributed by atoms with Gasteiger partial charge in [0, 0.05) is 0 Å². The summed E-state index contributed by atoms with van der Waals surface area (Å²) in [6.45, 7) is 15.8. The van der Waals surface area contributed by atoms with Gasteiger partial charge in [0.2, 0.25) is 6.29 Å². The van der Waals surface area contributed by atoms with E-state index < -0.39 is 148 Å². The average molecular weight is 1060 g/mol. The Balaban J connectivity index is 0.973. The molecule has 0 radical (unpaired) electrons. The van der Waals surface area contributed by atoms with Gasteiger partial charge in [-0.2, -0.15) is 0 Å². The van der Waals surface area contributed by atoms with Crippen LogP contribution in [0.5, 0.6) is 0 Å². The van der Waals surface area contributed by atoms with E-state index in [1.165, 1.54) is 12.5 Å². The van der Waals surface area contributed by atoms with Crippen molar-refractivity contribution in [3.8, 4) is 0 Å². The number of rotatable bonds is 10. The molecule has 0 spiro atoms. The fourth-order valence-corrected chi connectivity index (χ4v) is 16.1. The predicted molar refractivity (Wildman–Crippen MR) is 255 cm³/mol. The molecule has 4 saturated heterocycles. The van der Waals surface area contributed by atoms with Crippen molar-refractivity contribution in [3.63, 3.8) is 0 Å². The minimum absolute atomic E-state index is 0.129. The molecule has 27 atom stereocenters. The first kappa shape index (κ1) is 57.1. The van der Waals surface area contributed by atoms with Gasteiger partial charge in [0.05, 0.1) is 37.4 Å². The maximum absolute atomic E-state index is 15.4. The molecule has 21 nitrogen and oxygen atoms in total. The molecule has 5 aliphatic carbocycles. The van der Waals surface area contributed by atoms with Crippen LogP contribution in [0, 0.1) is 50.2 Å². The minimum atomic E-state index is -1.82. The molecule has 21 heteroatoms. The molecule has 0 aromatic carbocycles. The van der Waals surface area contributed by atoms with Crippen molar-refractivity contribution in [2.75, 3.05) is 19.8 Å². The molecule has 4 aliphatic heterocycles. The van der Waals surface area contributed by atoms with Gasteiger partial charge in [0.1, 0.15) is 79.4 Å². The lowest BCUT2D eigenvalue weighted by Crippen LogP contribution is -2.66. The number of esters is 1. The summed E-state index contributed by atoms with van der Waals surface area (Å²) in [4.78, 5) is 15.4. The summed E-state index contributed by atoms with van der Waals surface area (Å²) >= 11 is 0. The Labute approximate surface area is 433 Å². The van der Waals surface area contributed by atoms with Crippen molar-refractivity contribution in [2.45, 2.75) is 242 Å². The quantitative estimate of drug-likeness (QED) is 0.0755. The molecular weight excluding hydrogens is 973 g/mol. The van der Waals surface area contributed by atoms with Gasteiger partial charge in [-0.15, -0.1) is 0 Å². The summed E-state index contributed by atoms with van der Waals surface area (Å²) in [5, 5.41) is 128. The van der Waals surface area contributed by atoms with Gasteiger partial charge in [-0.05, 0) is 116 Å². The normalized spacial score (nSPS) is 54.1. The minimum Gasteiger partial charge on any atom is -0.432 e. The van der Waals surface area contributed by atoms with Crippen LogP contribution in [-0.4, -0.2) is 210 Å². The Bertz CT molecular complexity index is 2040. The van der Waals surface area contributed by atoms with Gasteiger partial charge >= 0.3 is 5.97 Å². The van der Waals surface area contributed by atoms with Crippen LogP contribution in [0.4, 0.5) is 0 Å². The van der Waals surface area contributed by atoms with Gasteiger partial charge in [-0.3, -0.25) is 4.79 Å². The van der Waals surface area contributed by atoms with E-state index >= 15 is 4.79 Å². The number of allylic oxidation sites excluding steroid dienone is 2. The fourth-order valence-electron chi connectivity index (χ4n) is 16.1. The first-order valence-corrected chi connectivity index (χ1v) is 27.1. The number of carbonyl (C=O) groups excluding carboxylic acids is 1. The molecule has 4 heterocycles. The molecule has 12 N–H and O–H groups in total. The number of fused-ring (bicyclic) bond motifs is 7. The van der Waals surface area contributed by atoms with Crippen molar-refractivity contribution < 1.29 is 104 Å². The summed E-state index contributed by atoms with van der Waals surface area (Å²) in [5.74, 6) is -0.298. The topological polar surface area (TPSA) is 334 Å². The maximum Gasteiger partial charge on any atom is 0.315 e. The number of hydrogen-bond acceptors (Lipinski definition) is 21. The van der Waals surface area contributed by atoms with E-state index in [0.717, 1.165) is 32.1 Å². The SMILES string of the molecule is CC1OC(OC2C(OC(=O)C34CCC(C)(C)CC3C3=CCC5C6(C)CCC(OC7OC(CO)C(O)C(O)C7O)C(C)(C)C6CCC5(C)C3(C)CC4)OCC(OC3OC(CO)C(O)C(O)C3O)C2O)C(O)C(O)C1O. The standard InChI is InChI=1S/C53H86O21/c1-23-32(56)36(60)39(63)43(68-23)73-42-35(59)28(71-44-40(64)37(61)33(57)26(20-54)69-44)22-67-46(42)74-47(66)53-17-15-48(2,3)19-25(53)24-9-10-30-50(6)13-12-31(72-45-41(65)38(62)34(58)27(21-55)70-45)49(4,5)29(50)11-14-52(30,8)51(24,7)16-18-53/h9,23,25-46,54-65H,10-22H2,1-8H3. The summed E-state index contributed by atoms with van der Waals surface area (Å²) in [5.41, 5.74) is -0.899. The van der Waals surface area contributed by atoms with Gasteiger partial charge in [-0.1, -0.05) is 60.1 Å². The third-order valence-corrected chi connectivity index (χ3v) is 21.0. The summed E-state index contributed by atoms with van der Waals surface area (Å²) in [7, 11) is 0. The predicted octanol–water partition coefficient (Wildman–Crippen LogP) is -0.369. The highest BCUT2D eigenvalue weighted by Crippen LogP contribution is 2.76. The maximum atomic E-state index is 15.4. The third-order valence-electron chi connectivity index (χ3n) is 21.0. The largest absolute Gasteiger partial charge is 0.432 e. The smallest absolute Gasteiger partial charge is 0.315 e. The van der Waals surface area contributed by atoms with Gasteiger partial charge < -0.3 is 99.2 Å². The lowest BCUT2D eigenvalue weighted by Gasteiger charge is -2.71. The van der Waals surface area contributed by atoms with Crippen molar-refractivity contribution in [3.05, 3.63) is 11.6 Å². The number of aliphatic hydroxyl groups is 12. The van der Waals surface area contributed by atoms with Crippen molar-refractivity contribution >= 4 is 5.97 Å². The van der Waals surface area contributed by atoms with Crippen LogP contribution in [0.1, 0.15) is 120 Å². The molecule has 74 heavy (non-hydrogen) atoms. The molecule has 8 fully saturated rings. The Morgan fingerprint density at radius 2 is 1.18 bits per heavy atom. The van der Waals surface area contributed by atoms with Crippen LogP contribution >= 0.6 is 0 Å². The van der Waals surface area contributed by atoms with E-state index in [-0.39, 0.29) is 50.9 Å². The van der Waals surface area contributed by atoms with Gasteiger partial charge in [0.25, 0.3) is 0 Å². The van der Waals surface area contributed by atoms with Crippen LogP contribution in [-0.2, 0) is 42.7 Å². The van der Waals surface area contributed by atoms with E-state index in [1.807, 2.05) is 0 Å². The molecular formula is C53H86O21. The second kappa shape index (κ2) is 20.5. The lowest BCUT2D eigenvalue weighted by atomic mass is 9.33. The fraction of sp³-hybridized carbons (Fsp3) is 0.943. The Morgan fingerprint density at radius 1 is 0.608 bits per heavy atom. The van der Waals surface area contributed by atoms with Crippen molar-refractivity contribution in [1.29, 1.82) is 0 Å². The average Bonchev–Trinajstić information content (AvgIpc) is 3.35. The Hall–Kier alpha value is -1.55. The molecule has 0 bridgehead atoms. The summed E-state index contributed by atoms with van der Waals surface area (Å²) in [6.07, 6.45) is -19.9. The van der Waals surface area contributed by atoms with Crippen molar-refractivity contribution in [1.82, 2.24) is 0 Å². The lowest BCUT2D eigenvalue weighted by molar-refractivity contribution is -0.369. The van der Waals surface area contributed by atoms with Crippen LogP contribution in [0.15, 0.2) is 11.6 Å². The first-order valence-electron chi connectivity index (χ1n) is 27.1. The van der Waals surface area contributed by atoms with E-state index in [4.69, 9.17) is 37.9 Å². The molecule has 0 amide bonds.